The van der Waals surface area contributed by atoms with Gasteiger partial charge in [-0.05, 0) is 12.8 Å². The number of nitrogens with two attached hydrogens (primary N) is 1. The number of rotatable bonds is 5. The Labute approximate surface area is 72.2 Å². The molecule has 0 unspecified atom stereocenters. The van der Waals surface area contributed by atoms with Crippen molar-refractivity contribution >= 4 is 11.7 Å². The zero-order valence-electron chi connectivity index (χ0n) is 7.18. The number of primary amides is 1. The minimum absolute atomic E-state index is 0.212. The lowest BCUT2D eigenvalue weighted by molar-refractivity contribution is -0.118. The third kappa shape index (κ3) is 3.37. The molecule has 0 aliphatic carbocycles. The SMILES string of the molecule is NC(=O)CCCCC1=NCCN1. The summed E-state index contributed by atoms with van der Waals surface area (Å²) in [5, 5.41) is 3.18. The average molecular weight is 169 g/mol. The van der Waals surface area contributed by atoms with Crippen LogP contribution in [0.3, 0.4) is 0 Å². The van der Waals surface area contributed by atoms with E-state index in [2.05, 4.69) is 10.3 Å². The van der Waals surface area contributed by atoms with Gasteiger partial charge in [-0.2, -0.15) is 0 Å². The van der Waals surface area contributed by atoms with E-state index in [0.717, 1.165) is 38.2 Å². The molecule has 0 aromatic heterocycles. The fraction of sp³-hybridized carbons (Fsp3) is 0.750. The van der Waals surface area contributed by atoms with Crippen LogP contribution in [0.1, 0.15) is 25.7 Å². The number of carbonyl (C=O) groups excluding carboxylic acids is 1. The molecule has 0 aromatic carbocycles. The number of unbranched alkanes of at least 4 members (excludes halogenated alkanes) is 1. The van der Waals surface area contributed by atoms with Gasteiger partial charge in [0.1, 0.15) is 0 Å². The molecule has 4 nitrogen and oxygen atoms in total. The minimum atomic E-state index is -0.212. The second-order valence-corrected chi connectivity index (χ2v) is 2.93. The van der Waals surface area contributed by atoms with E-state index in [4.69, 9.17) is 5.73 Å². The van der Waals surface area contributed by atoms with Crippen molar-refractivity contribution in [1.29, 1.82) is 0 Å². The van der Waals surface area contributed by atoms with E-state index in [1.807, 2.05) is 0 Å². The van der Waals surface area contributed by atoms with Crippen molar-refractivity contribution in [3.05, 3.63) is 0 Å². The van der Waals surface area contributed by atoms with Gasteiger partial charge in [0.05, 0.1) is 12.4 Å². The average Bonchev–Trinajstić information content (AvgIpc) is 2.49. The fourth-order valence-corrected chi connectivity index (χ4v) is 1.21. The largest absolute Gasteiger partial charge is 0.372 e. The molecular formula is C8H15N3O. The number of carbonyl (C=O) groups is 1. The molecule has 0 fully saturated rings. The quantitative estimate of drug-likeness (QED) is 0.570. The van der Waals surface area contributed by atoms with Crippen molar-refractivity contribution in [2.24, 2.45) is 10.7 Å². The topological polar surface area (TPSA) is 67.5 Å². The lowest BCUT2D eigenvalue weighted by Crippen LogP contribution is -2.18. The van der Waals surface area contributed by atoms with Crippen LogP contribution in [0.4, 0.5) is 0 Å². The molecule has 0 bridgehead atoms. The summed E-state index contributed by atoms with van der Waals surface area (Å²) in [5.41, 5.74) is 5.00. The van der Waals surface area contributed by atoms with Gasteiger partial charge in [-0.25, -0.2) is 0 Å². The Morgan fingerprint density at radius 1 is 1.58 bits per heavy atom. The van der Waals surface area contributed by atoms with Crippen molar-refractivity contribution in [3.8, 4) is 0 Å². The molecule has 1 heterocycles. The highest BCUT2D eigenvalue weighted by atomic mass is 16.1. The van der Waals surface area contributed by atoms with E-state index < -0.39 is 0 Å². The first-order valence-corrected chi connectivity index (χ1v) is 4.34. The van der Waals surface area contributed by atoms with Crippen molar-refractivity contribution < 1.29 is 4.79 Å². The highest BCUT2D eigenvalue weighted by molar-refractivity contribution is 5.83. The fourth-order valence-electron chi connectivity index (χ4n) is 1.21. The summed E-state index contributed by atoms with van der Waals surface area (Å²) in [6.07, 6.45) is 3.31. The first kappa shape index (κ1) is 9.03. The van der Waals surface area contributed by atoms with Crippen LogP contribution in [0.2, 0.25) is 0 Å². The van der Waals surface area contributed by atoms with Gasteiger partial charge in [0.15, 0.2) is 0 Å². The molecule has 0 radical (unpaired) electrons. The highest BCUT2D eigenvalue weighted by Crippen LogP contribution is 2.01. The molecule has 1 aliphatic rings. The molecule has 0 atom stereocenters. The summed E-state index contributed by atoms with van der Waals surface area (Å²) >= 11 is 0. The molecule has 0 saturated heterocycles. The lowest BCUT2D eigenvalue weighted by atomic mass is 10.2. The molecule has 12 heavy (non-hydrogen) atoms. The van der Waals surface area contributed by atoms with Crippen LogP contribution >= 0.6 is 0 Å². The Hall–Kier alpha value is -1.06. The second-order valence-electron chi connectivity index (χ2n) is 2.93. The van der Waals surface area contributed by atoms with E-state index in [0.29, 0.717) is 6.42 Å². The molecule has 0 aromatic rings. The normalized spacial score (nSPS) is 15.5. The van der Waals surface area contributed by atoms with E-state index in [1.54, 1.807) is 0 Å². The van der Waals surface area contributed by atoms with Gasteiger partial charge in [0.25, 0.3) is 0 Å². The minimum Gasteiger partial charge on any atom is -0.372 e. The van der Waals surface area contributed by atoms with E-state index in [-0.39, 0.29) is 5.91 Å². The van der Waals surface area contributed by atoms with Crippen LogP contribution in [0.5, 0.6) is 0 Å². The molecule has 1 amide bonds. The standard InChI is InChI=1S/C8H15N3O/c9-7(12)3-1-2-4-8-10-5-6-11-8/h1-6H2,(H2,9,12)(H,10,11). The summed E-state index contributed by atoms with van der Waals surface area (Å²) in [6.45, 7) is 1.86. The number of amides is 1. The number of hydrogen-bond acceptors (Lipinski definition) is 3. The van der Waals surface area contributed by atoms with Crippen LogP contribution in [0.25, 0.3) is 0 Å². The number of hydrogen-bond donors (Lipinski definition) is 2. The van der Waals surface area contributed by atoms with Crippen molar-refractivity contribution in [3.63, 3.8) is 0 Å². The maximum atomic E-state index is 10.4. The Balaban J connectivity index is 1.98. The number of nitrogens with one attached hydrogen (secondary N) is 1. The Bertz CT molecular complexity index is 189. The summed E-state index contributed by atoms with van der Waals surface area (Å²) in [4.78, 5) is 14.6. The van der Waals surface area contributed by atoms with Gasteiger partial charge >= 0.3 is 0 Å². The first-order chi connectivity index (χ1) is 5.79. The Morgan fingerprint density at radius 3 is 3.00 bits per heavy atom. The van der Waals surface area contributed by atoms with Crippen LogP contribution < -0.4 is 11.1 Å². The number of aliphatic imine (C=N–C) groups is 1. The van der Waals surface area contributed by atoms with Gasteiger partial charge in [-0.1, -0.05) is 0 Å². The maximum Gasteiger partial charge on any atom is 0.217 e. The summed E-state index contributed by atoms with van der Waals surface area (Å²) < 4.78 is 0. The third-order valence-corrected chi connectivity index (χ3v) is 1.83. The van der Waals surface area contributed by atoms with Gasteiger partial charge in [-0.3, -0.25) is 9.79 Å². The van der Waals surface area contributed by atoms with Crippen molar-refractivity contribution in [2.75, 3.05) is 13.1 Å². The maximum absolute atomic E-state index is 10.4. The van der Waals surface area contributed by atoms with Crippen LogP contribution in [0.15, 0.2) is 4.99 Å². The Kier molecular flexibility index (Phi) is 3.57. The van der Waals surface area contributed by atoms with Crippen molar-refractivity contribution in [1.82, 2.24) is 5.32 Å². The van der Waals surface area contributed by atoms with E-state index >= 15 is 0 Å². The molecule has 0 spiro atoms. The third-order valence-electron chi connectivity index (χ3n) is 1.83. The van der Waals surface area contributed by atoms with Crippen LogP contribution in [-0.4, -0.2) is 24.8 Å². The van der Waals surface area contributed by atoms with Gasteiger partial charge < -0.3 is 11.1 Å². The van der Waals surface area contributed by atoms with Gasteiger partial charge in [-0.15, -0.1) is 0 Å². The molecule has 1 aliphatic heterocycles. The summed E-state index contributed by atoms with van der Waals surface area (Å²) in [5.74, 6) is 0.871. The molecule has 4 heteroatoms. The molecule has 0 saturated carbocycles. The molecule has 68 valence electrons. The molecule has 1 rings (SSSR count). The summed E-state index contributed by atoms with van der Waals surface area (Å²) in [7, 11) is 0. The lowest BCUT2D eigenvalue weighted by Gasteiger charge is -2.00. The number of amidine groups is 1. The smallest absolute Gasteiger partial charge is 0.217 e. The van der Waals surface area contributed by atoms with Crippen LogP contribution in [-0.2, 0) is 4.79 Å². The van der Waals surface area contributed by atoms with E-state index in [9.17, 15) is 4.79 Å². The van der Waals surface area contributed by atoms with Crippen molar-refractivity contribution in [2.45, 2.75) is 25.7 Å². The van der Waals surface area contributed by atoms with Gasteiger partial charge in [0.2, 0.25) is 5.91 Å². The first-order valence-electron chi connectivity index (χ1n) is 4.34. The predicted octanol–water partition coefficient (Wildman–Crippen LogP) is 0.0338. The highest BCUT2D eigenvalue weighted by Gasteiger charge is 2.03. The Morgan fingerprint density at radius 2 is 2.42 bits per heavy atom. The molecular weight excluding hydrogens is 154 g/mol. The summed E-state index contributed by atoms with van der Waals surface area (Å²) in [6, 6.07) is 0. The second kappa shape index (κ2) is 4.74. The van der Waals surface area contributed by atoms with Crippen LogP contribution in [0, 0.1) is 0 Å². The number of nitrogens with zero attached hydrogens (tertiary/aromatic N) is 1. The zero-order valence-corrected chi connectivity index (χ0v) is 7.18. The molecule has 3 N–H and O–H groups in total. The predicted molar refractivity (Wildman–Crippen MR) is 48.0 cm³/mol. The van der Waals surface area contributed by atoms with Gasteiger partial charge in [0, 0.05) is 19.4 Å². The zero-order chi connectivity index (χ0) is 8.81. The van der Waals surface area contributed by atoms with E-state index in [1.165, 1.54) is 0 Å². The monoisotopic (exact) mass is 169 g/mol.